The number of carbonyl (C=O) groups excluding carboxylic acids is 1. The predicted molar refractivity (Wildman–Crippen MR) is 81.9 cm³/mol. The number of rotatable bonds is 2. The third-order valence-corrected chi connectivity index (χ3v) is 4.36. The molecular formula is C17H23NO4. The maximum atomic E-state index is 12.3. The van der Waals surface area contributed by atoms with Gasteiger partial charge in [0.2, 0.25) is 0 Å². The summed E-state index contributed by atoms with van der Waals surface area (Å²) >= 11 is 0. The van der Waals surface area contributed by atoms with E-state index in [1.165, 1.54) is 5.56 Å². The van der Waals surface area contributed by atoms with Gasteiger partial charge in [0.25, 0.3) is 5.91 Å². The molecule has 1 aromatic rings. The molecule has 0 spiro atoms. The molecule has 5 heteroatoms. The monoisotopic (exact) mass is 305 g/mol. The lowest BCUT2D eigenvalue weighted by Gasteiger charge is -2.20. The third kappa shape index (κ3) is 2.89. The van der Waals surface area contributed by atoms with Gasteiger partial charge in [-0.05, 0) is 23.1 Å². The molecule has 0 unspecified atom stereocenters. The molecule has 2 aliphatic heterocycles. The van der Waals surface area contributed by atoms with Gasteiger partial charge in [-0.25, -0.2) is 0 Å². The van der Waals surface area contributed by atoms with E-state index in [0.29, 0.717) is 12.2 Å². The maximum absolute atomic E-state index is 12.3. The fourth-order valence-corrected chi connectivity index (χ4v) is 2.98. The van der Waals surface area contributed by atoms with Crippen LogP contribution in [0.5, 0.6) is 0 Å². The van der Waals surface area contributed by atoms with Crippen molar-refractivity contribution >= 4 is 5.91 Å². The number of hydrogen-bond acceptors (Lipinski definition) is 4. The molecule has 0 bridgehead atoms. The molecular weight excluding hydrogens is 282 g/mol. The first kappa shape index (κ1) is 15.5. The Hall–Kier alpha value is -1.43. The molecule has 0 aromatic heterocycles. The standard InChI is InChI=1S/C17H23NO4/c1-17(2,3)11-6-4-10(5-7-11)16(20)18-12-8-21-15-13(19)9-22-14(12)15/h4-7,12-15,19H,8-9H2,1-3H3,(H,18,20)/t12-,13+,14+,15+/m0/s1. The number of nitrogens with one attached hydrogen (secondary N) is 1. The molecule has 3 rings (SSSR count). The topological polar surface area (TPSA) is 67.8 Å². The Balaban J connectivity index is 1.65. The van der Waals surface area contributed by atoms with Gasteiger partial charge >= 0.3 is 0 Å². The number of aliphatic hydroxyl groups is 1. The Morgan fingerprint density at radius 2 is 1.77 bits per heavy atom. The molecule has 2 aliphatic rings. The quantitative estimate of drug-likeness (QED) is 0.863. The number of benzene rings is 1. The number of aliphatic hydroxyl groups excluding tert-OH is 1. The van der Waals surface area contributed by atoms with Crippen molar-refractivity contribution in [2.45, 2.75) is 50.5 Å². The SMILES string of the molecule is CC(C)(C)c1ccc(C(=O)N[C@H]2CO[C@H]3[C@@H]2OC[C@H]3O)cc1. The highest BCUT2D eigenvalue weighted by atomic mass is 16.6. The van der Waals surface area contributed by atoms with Crippen molar-refractivity contribution in [1.29, 1.82) is 0 Å². The van der Waals surface area contributed by atoms with Gasteiger partial charge in [-0.15, -0.1) is 0 Å². The van der Waals surface area contributed by atoms with Crippen LogP contribution in [0, 0.1) is 0 Å². The largest absolute Gasteiger partial charge is 0.388 e. The van der Waals surface area contributed by atoms with Crippen LogP contribution in [-0.4, -0.2) is 48.6 Å². The Morgan fingerprint density at radius 1 is 1.14 bits per heavy atom. The molecule has 2 heterocycles. The Kier molecular flexibility index (Phi) is 3.97. The first-order valence-electron chi connectivity index (χ1n) is 7.69. The highest BCUT2D eigenvalue weighted by molar-refractivity contribution is 5.94. The molecule has 0 radical (unpaired) electrons. The van der Waals surface area contributed by atoms with Gasteiger partial charge in [-0.1, -0.05) is 32.9 Å². The van der Waals surface area contributed by atoms with Gasteiger partial charge in [0.05, 0.1) is 19.3 Å². The van der Waals surface area contributed by atoms with Crippen LogP contribution >= 0.6 is 0 Å². The van der Waals surface area contributed by atoms with Crippen LogP contribution in [0.15, 0.2) is 24.3 Å². The summed E-state index contributed by atoms with van der Waals surface area (Å²) in [6.45, 7) is 7.06. The van der Waals surface area contributed by atoms with Crippen LogP contribution < -0.4 is 5.32 Å². The van der Waals surface area contributed by atoms with Crippen LogP contribution in [0.2, 0.25) is 0 Å². The molecule has 2 N–H and O–H groups in total. The maximum Gasteiger partial charge on any atom is 0.251 e. The molecule has 120 valence electrons. The van der Waals surface area contributed by atoms with Gasteiger partial charge in [0.15, 0.2) is 0 Å². The minimum absolute atomic E-state index is 0.0648. The molecule has 1 amide bonds. The summed E-state index contributed by atoms with van der Waals surface area (Å²) < 4.78 is 11.0. The van der Waals surface area contributed by atoms with E-state index in [-0.39, 0.29) is 36.2 Å². The van der Waals surface area contributed by atoms with E-state index in [4.69, 9.17) is 9.47 Å². The van der Waals surface area contributed by atoms with Crippen molar-refractivity contribution < 1.29 is 19.4 Å². The van der Waals surface area contributed by atoms with E-state index in [1.54, 1.807) is 0 Å². The number of carbonyl (C=O) groups is 1. The number of amides is 1. The first-order valence-corrected chi connectivity index (χ1v) is 7.69. The zero-order chi connectivity index (χ0) is 15.9. The summed E-state index contributed by atoms with van der Waals surface area (Å²) in [5.41, 5.74) is 1.88. The molecule has 4 atom stereocenters. The van der Waals surface area contributed by atoms with Crippen molar-refractivity contribution in [2.24, 2.45) is 0 Å². The van der Waals surface area contributed by atoms with Crippen molar-refractivity contribution in [3.8, 4) is 0 Å². The lowest BCUT2D eigenvalue weighted by atomic mass is 9.86. The summed E-state index contributed by atoms with van der Waals surface area (Å²) in [4.78, 5) is 12.3. The van der Waals surface area contributed by atoms with Gasteiger partial charge in [-0.2, -0.15) is 0 Å². The van der Waals surface area contributed by atoms with E-state index >= 15 is 0 Å². The lowest BCUT2D eigenvalue weighted by Crippen LogP contribution is -2.44. The normalized spacial score (nSPS) is 31.1. The van der Waals surface area contributed by atoms with Crippen molar-refractivity contribution in [3.63, 3.8) is 0 Å². The van der Waals surface area contributed by atoms with Crippen molar-refractivity contribution in [2.75, 3.05) is 13.2 Å². The second-order valence-electron chi connectivity index (χ2n) is 7.07. The minimum atomic E-state index is -0.599. The van der Waals surface area contributed by atoms with E-state index in [0.717, 1.165) is 0 Å². The second kappa shape index (κ2) is 5.65. The van der Waals surface area contributed by atoms with Crippen LogP contribution in [0.25, 0.3) is 0 Å². The van der Waals surface area contributed by atoms with Crippen molar-refractivity contribution in [1.82, 2.24) is 5.32 Å². The zero-order valence-electron chi connectivity index (χ0n) is 13.2. The second-order valence-corrected chi connectivity index (χ2v) is 7.07. The third-order valence-electron chi connectivity index (χ3n) is 4.36. The number of hydrogen-bond donors (Lipinski definition) is 2. The Bertz CT molecular complexity index is 549. The first-order chi connectivity index (χ1) is 10.4. The summed E-state index contributed by atoms with van der Waals surface area (Å²) in [7, 11) is 0. The smallest absolute Gasteiger partial charge is 0.251 e. The molecule has 0 saturated carbocycles. The average Bonchev–Trinajstić information content (AvgIpc) is 3.02. The molecule has 2 fully saturated rings. The minimum Gasteiger partial charge on any atom is -0.388 e. The summed E-state index contributed by atoms with van der Waals surface area (Å²) in [5, 5.41) is 12.7. The highest BCUT2D eigenvalue weighted by Crippen LogP contribution is 2.27. The van der Waals surface area contributed by atoms with Crippen LogP contribution in [0.1, 0.15) is 36.7 Å². The number of fused-ring (bicyclic) bond motifs is 1. The van der Waals surface area contributed by atoms with E-state index in [9.17, 15) is 9.90 Å². The van der Waals surface area contributed by atoms with Gasteiger partial charge < -0.3 is 19.9 Å². The highest BCUT2D eigenvalue weighted by Gasteiger charge is 2.47. The molecule has 1 aromatic carbocycles. The van der Waals surface area contributed by atoms with Gasteiger partial charge in [0.1, 0.15) is 18.3 Å². The van der Waals surface area contributed by atoms with Crippen molar-refractivity contribution in [3.05, 3.63) is 35.4 Å². The lowest BCUT2D eigenvalue weighted by molar-refractivity contribution is 0.0178. The molecule has 5 nitrogen and oxygen atoms in total. The zero-order valence-corrected chi connectivity index (χ0v) is 13.2. The Morgan fingerprint density at radius 3 is 2.41 bits per heavy atom. The van der Waals surface area contributed by atoms with Gasteiger partial charge in [-0.3, -0.25) is 4.79 Å². The Labute approximate surface area is 130 Å². The summed E-state index contributed by atoms with van der Waals surface area (Å²) in [6.07, 6.45) is -1.18. The predicted octanol–water partition coefficient (Wildman–Crippen LogP) is 1.24. The van der Waals surface area contributed by atoms with Gasteiger partial charge in [0, 0.05) is 5.56 Å². The summed E-state index contributed by atoms with van der Waals surface area (Å²) in [6, 6.07) is 7.44. The van der Waals surface area contributed by atoms with Crippen LogP contribution in [0.3, 0.4) is 0 Å². The fourth-order valence-electron chi connectivity index (χ4n) is 2.98. The van der Waals surface area contributed by atoms with Crippen LogP contribution in [-0.2, 0) is 14.9 Å². The molecule has 0 aliphatic carbocycles. The molecule has 22 heavy (non-hydrogen) atoms. The average molecular weight is 305 g/mol. The van der Waals surface area contributed by atoms with E-state index in [1.807, 2.05) is 24.3 Å². The van der Waals surface area contributed by atoms with Crippen LogP contribution in [0.4, 0.5) is 0 Å². The molecule has 2 saturated heterocycles. The number of ether oxygens (including phenoxy) is 2. The summed E-state index contributed by atoms with van der Waals surface area (Å²) in [5.74, 6) is -0.139. The fraction of sp³-hybridized carbons (Fsp3) is 0.588. The van der Waals surface area contributed by atoms with E-state index in [2.05, 4.69) is 26.1 Å². The van der Waals surface area contributed by atoms with E-state index < -0.39 is 6.10 Å².